The van der Waals surface area contributed by atoms with Crippen LogP contribution in [0.15, 0.2) is 77.2 Å². The van der Waals surface area contributed by atoms with E-state index in [0.29, 0.717) is 11.8 Å². The molecule has 4 aromatic rings. The van der Waals surface area contributed by atoms with Crippen LogP contribution in [-0.4, -0.2) is 10.2 Å². The normalized spacial score (nSPS) is 11.8. The Morgan fingerprint density at radius 2 is 1.06 bits per heavy atom. The smallest absolute Gasteiger partial charge is 0.248 e. The summed E-state index contributed by atoms with van der Waals surface area (Å²) in [5, 5.41) is 8.54. The van der Waals surface area contributed by atoms with E-state index in [1.807, 2.05) is 24.3 Å². The van der Waals surface area contributed by atoms with Crippen molar-refractivity contribution in [3.63, 3.8) is 0 Å². The third-order valence-electron chi connectivity index (χ3n) is 6.52. The summed E-state index contributed by atoms with van der Waals surface area (Å²) >= 11 is 0. The maximum atomic E-state index is 5.98. The number of hydrogen-bond donors (Lipinski definition) is 0. The van der Waals surface area contributed by atoms with Crippen LogP contribution in [0.5, 0.6) is 0 Å². The molecule has 0 aliphatic heterocycles. The van der Waals surface area contributed by atoms with E-state index in [-0.39, 0.29) is 5.41 Å². The number of benzene rings is 3. The number of hydrogen-bond acceptors (Lipinski definition) is 3. The second kappa shape index (κ2) is 9.74. The van der Waals surface area contributed by atoms with Crippen LogP contribution in [0.4, 0.5) is 0 Å². The average Bonchev–Trinajstić information content (AvgIpc) is 3.33. The van der Waals surface area contributed by atoms with Crippen LogP contribution in [0.25, 0.3) is 34.0 Å². The second-order valence-corrected chi connectivity index (χ2v) is 9.90. The Morgan fingerprint density at radius 1 is 0.636 bits per heavy atom. The Morgan fingerprint density at radius 3 is 1.52 bits per heavy atom. The van der Waals surface area contributed by atoms with Crippen LogP contribution in [0.3, 0.4) is 0 Å². The van der Waals surface area contributed by atoms with Crippen molar-refractivity contribution in [2.75, 3.05) is 0 Å². The maximum Gasteiger partial charge on any atom is 0.248 e. The third kappa shape index (κ3) is 5.42. The molecule has 0 fully saturated rings. The van der Waals surface area contributed by atoms with Crippen LogP contribution >= 0.6 is 0 Å². The Bertz CT molecular complexity index is 1160. The van der Waals surface area contributed by atoms with E-state index in [1.54, 1.807) is 0 Å². The van der Waals surface area contributed by atoms with Gasteiger partial charge in [0.2, 0.25) is 11.8 Å². The van der Waals surface area contributed by atoms with Crippen LogP contribution < -0.4 is 0 Å². The minimum atomic E-state index is 0.119. The van der Waals surface area contributed by atoms with Gasteiger partial charge in [-0.15, -0.1) is 10.2 Å². The first-order chi connectivity index (χ1) is 15.9. The summed E-state index contributed by atoms with van der Waals surface area (Å²) < 4.78 is 5.98. The quantitative estimate of drug-likeness (QED) is 0.291. The minimum Gasteiger partial charge on any atom is -0.416 e. The first-order valence-electron chi connectivity index (χ1n) is 12.0. The summed E-state index contributed by atoms with van der Waals surface area (Å²) in [5.41, 5.74) is 7.09. The molecule has 3 aromatic carbocycles. The van der Waals surface area contributed by atoms with E-state index < -0.39 is 0 Å². The molecule has 0 amide bonds. The van der Waals surface area contributed by atoms with Gasteiger partial charge in [0, 0.05) is 11.1 Å². The highest BCUT2D eigenvalue weighted by Gasteiger charge is 2.15. The number of rotatable bonds is 7. The molecule has 0 N–H and O–H groups in total. The van der Waals surface area contributed by atoms with E-state index in [0.717, 1.165) is 23.5 Å². The van der Waals surface area contributed by atoms with Gasteiger partial charge in [-0.2, -0.15) is 0 Å². The SMILES string of the molecule is CCC(CC)Cc1ccc(-c2ccc(-c3nnc(-c4ccc(C(C)(C)C)cc4)o3)cc2)cc1. The highest BCUT2D eigenvalue weighted by Crippen LogP contribution is 2.29. The average molecular weight is 439 g/mol. The third-order valence-corrected chi connectivity index (χ3v) is 6.52. The van der Waals surface area contributed by atoms with E-state index in [4.69, 9.17) is 4.42 Å². The van der Waals surface area contributed by atoms with Gasteiger partial charge in [0.1, 0.15) is 0 Å². The van der Waals surface area contributed by atoms with Gasteiger partial charge in [-0.1, -0.05) is 96.0 Å². The fourth-order valence-corrected chi connectivity index (χ4v) is 4.12. The van der Waals surface area contributed by atoms with Crippen molar-refractivity contribution in [2.24, 2.45) is 5.92 Å². The summed E-state index contributed by atoms with van der Waals surface area (Å²) in [7, 11) is 0. The monoisotopic (exact) mass is 438 g/mol. The number of nitrogens with zero attached hydrogens (tertiary/aromatic N) is 2. The second-order valence-electron chi connectivity index (χ2n) is 9.90. The predicted octanol–water partition coefficient (Wildman–Crippen LogP) is 8.35. The molecule has 0 bridgehead atoms. The van der Waals surface area contributed by atoms with Gasteiger partial charge in [0.15, 0.2) is 0 Å². The molecule has 0 aliphatic rings. The molecule has 4 rings (SSSR count). The summed E-state index contributed by atoms with van der Waals surface area (Å²) in [6.45, 7) is 11.2. The molecule has 1 aromatic heterocycles. The van der Waals surface area contributed by atoms with Crippen molar-refractivity contribution < 1.29 is 4.42 Å². The van der Waals surface area contributed by atoms with Crippen molar-refractivity contribution in [3.8, 4) is 34.0 Å². The fourth-order valence-electron chi connectivity index (χ4n) is 4.12. The lowest BCUT2D eigenvalue weighted by molar-refractivity contribution is 0.490. The van der Waals surface area contributed by atoms with E-state index in [2.05, 4.69) is 93.3 Å². The topological polar surface area (TPSA) is 38.9 Å². The van der Waals surface area contributed by atoms with Gasteiger partial charge in [0.25, 0.3) is 0 Å². The predicted molar refractivity (Wildman–Crippen MR) is 137 cm³/mol. The molecular weight excluding hydrogens is 404 g/mol. The molecule has 0 radical (unpaired) electrons. The highest BCUT2D eigenvalue weighted by molar-refractivity contribution is 5.68. The van der Waals surface area contributed by atoms with Gasteiger partial charge in [-0.25, -0.2) is 0 Å². The first-order valence-corrected chi connectivity index (χ1v) is 12.0. The lowest BCUT2D eigenvalue weighted by atomic mass is 9.87. The molecule has 0 unspecified atom stereocenters. The molecule has 3 nitrogen and oxygen atoms in total. The van der Waals surface area contributed by atoms with E-state index in [1.165, 1.54) is 35.1 Å². The van der Waals surface area contributed by atoms with Gasteiger partial charge in [-0.05, 0) is 64.3 Å². The first kappa shape index (κ1) is 23.0. The lowest BCUT2D eigenvalue weighted by Gasteiger charge is -2.18. The van der Waals surface area contributed by atoms with Gasteiger partial charge in [-0.3, -0.25) is 0 Å². The van der Waals surface area contributed by atoms with Gasteiger partial charge >= 0.3 is 0 Å². The fraction of sp³-hybridized carbons (Fsp3) is 0.333. The molecule has 1 heterocycles. The molecule has 0 saturated carbocycles. The van der Waals surface area contributed by atoms with Crippen LogP contribution in [0, 0.1) is 5.92 Å². The van der Waals surface area contributed by atoms with Crippen LogP contribution in [-0.2, 0) is 11.8 Å². The summed E-state index contributed by atoms with van der Waals surface area (Å²) in [6.07, 6.45) is 3.63. The molecule has 170 valence electrons. The highest BCUT2D eigenvalue weighted by atomic mass is 16.4. The Labute approximate surface area is 197 Å². The molecule has 33 heavy (non-hydrogen) atoms. The summed E-state index contributed by atoms with van der Waals surface area (Å²) in [4.78, 5) is 0. The Balaban J connectivity index is 1.47. The maximum absolute atomic E-state index is 5.98. The molecule has 0 aliphatic carbocycles. The molecule has 0 atom stereocenters. The van der Waals surface area contributed by atoms with Crippen molar-refractivity contribution in [1.82, 2.24) is 10.2 Å². The zero-order chi connectivity index (χ0) is 23.4. The van der Waals surface area contributed by atoms with Crippen molar-refractivity contribution in [1.29, 1.82) is 0 Å². The summed E-state index contributed by atoms with van der Waals surface area (Å²) in [5.74, 6) is 1.85. The van der Waals surface area contributed by atoms with Gasteiger partial charge < -0.3 is 4.42 Å². The molecule has 0 saturated heterocycles. The van der Waals surface area contributed by atoms with Gasteiger partial charge in [0.05, 0.1) is 0 Å². The lowest BCUT2D eigenvalue weighted by Crippen LogP contribution is -2.10. The van der Waals surface area contributed by atoms with Crippen molar-refractivity contribution in [2.45, 2.75) is 59.3 Å². The van der Waals surface area contributed by atoms with E-state index in [9.17, 15) is 0 Å². The summed E-state index contributed by atoms with van der Waals surface area (Å²) in [6, 6.07) is 25.7. The largest absolute Gasteiger partial charge is 0.416 e. The van der Waals surface area contributed by atoms with E-state index >= 15 is 0 Å². The molecular formula is C30H34N2O. The zero-order valence-electron chi connectivity index (χ0n) is 20.4. The van der Waals surface area contributed by atoms with Crippen molar-refractivity contribution in [3.05, 3.63) is 83.9 Å². The van der Waals surface area contributed by atoms with Crippen LogP contribution in [0.1, 0.15) is 58.6 Å². The van der Waals surface area contributed by atoms with Crippen LogP contribution in [0.2, 0.25) is 0 Å². The zero-order valence-corrected chi connectivity index (χ0v) is 20.4. The van der Waals surface area contributed by atoms with Crippen molar-refractivity contribution >= 4 is 0 Å². The standard InChI is InChI=1S/C30H34N2O/c1-6-21(7-2)20-22-8-10-23(11-9-22)24-12-14-25(15-13-24)28-31-32-29(33-28)26-16-18-27(19-17-26)30(3,4)5/h8-19,21H,6-7,20H2,1-5H3. The number of aromatic nitrogens is 2. The molecule has 0 spiro atoms. The minimum absolute atomic E-state index is 0.119. The Hall–Kier alpha value is -3.20. The molecule has 3 heteroatoms. The Kier molecular flexibility index (Phi) is 6.78.